The predicted octanol–water partition coefficient (Wildman–Crippen LogP) is 4.19. The van der Waals surface area contributed by atoms with Gasteiger partial charge in [0.2, 0.25) is 5.91 Å². The fourth-order valence-corrected chi connectivity index (χ4v) is 5.23. The number of aromatic nitrogens is 4. The number of halogens is 1. The molecule has 0 radical (unpaired) electrons. The Bertz CT molecular complexity index is 1160. The van der Waals surface area contributed by atoms with E-state index in [2.05, 4.69) is 14.9 Å². The molecule has 0 N–H and O–H groups in total. The second-order valence-electron chi connectivity index (χ2n) is 9.25. The Labute approximate surface area is 192 Å². The van der Waals surface area contributed by atoms with E-state index in [0.717, 1.165) is 80.2 Å². The third kappa shape index (κ3) is 3.62. The van der Waals surface area contributed by atoms with Crippen LogP contribution in [-0.2, 0) is 4.79 Å². The van der Waals surface area contributed by atoms with Crippen LogP contribution in [0.4, 0.5) is 5.82 Å². The number of fused-ring (bicyclic) bond motifs is 1. The molecule has 7 nitrogen and oxygen atoms in total. The molecular formula is C24H27ClN6O. The third-order valence-electron chi connectivity index (χ3n) is 7.02. The maximum Gasteiger partial charge on any atom is 0.225 e. The lowest BCUT2D eigenvalue weighted by Gasteiger charge is -2.36. The van der Waals surface area contributed by atoms with Crippen molar-refractivity contribution in [3.8, 4) is 5.69 Å². The Hall–Kier alpha value is -2.67. The molecule has 1 amide bonds. The molecule has 8 heteroatoms. The number of anilines is 1. The molecule has 2 aromatic heterocycles. The van der Waals surface area contributed by atoms with E-state index in [9.17, 15) is 4.79 Å². The highest BCUT2D eigenvalue weighted by molar-refractivity contribution is 6.30. The van der Waals surface area contributed by atoms with Gasteiger partial charge in [0, 0.05) is 43.0 Å². The first-order valence-electron chi connectivity index (χ1n) is 11.7. The lowest BCUT2D eigenvalue weighted by Crippen LogP contribution is -2.50. The van der Waals surface area contributed by atoms with E-state index >= 15 is 0 Å². The minimum atomic E-state index is 0.240. The van der Waals surface area contributed by atoms with Gasteiger partial charge in [-0.15, -0.1) is 0 Å². The second-order valence-corrected chi connectivity index (χ2v) is 9.68. The van der Waals surface area contributed by atoms with Crippen LogP contribution in [0.2, 0.25) is 5.02 Å². The van der Waals surface area contributed by atoms with Crippen molar-refractivity contribution in [3.05, 3.63) is 41.3 Å². The number of nitrogens with zero attached hydrogens (tertiary/aromatic N) is 6. The van der Waals surface area contributed by atoms with Crippen LogP contribution in [0.5, 0.6) is 0 Å². The van der Waals surface area contributed by atoms with Crippen molar-refractivity contribution in [2.24, 2.45) is 5.92 Å². The summed E-state index contributed by atoms with van der Waals surface area (Å²) < 4.78 is 1.86. The van der Waals surface area contributed by atoms with Crippen molar-refractivity contribution < 1.29 is 4.79 Å². The van der Waals surface area contributed by atoms with Gasteiger partial charge in [0.1, 0.15) is 11.6 Å². The zero-order valence-corrected chi connectivity index (χ0v) is 18.8. The van der Waals surface area contributed by atoms with E-state index < -0.39 is 0 Å². The second kappa shape index (κ2) is 8.03. The summed E-state index contributed by atoms with van der Waals surface area (Å²) in [4.78, 5) is 27.1. The number of piperazine rings is 1. The highest BCUT2D eigenvalue weighted by Crippen LogP contribution is 2.40. The zero-order chi connectivity index (χ0) is 21.7. The summed E-state index contributed by atoms with van der Waals surface area (Å²) in [5.74, 6) is 2.87. The lowest BCUT2D eigenvalue weighted by molar-refractivity contribution is -0.135. The summed E-state index contributed by atoms with van der Waals surface area (Å²) in [6, 6.07) is 7.68. The van der Waals surface area contributed by atoms with Crippen molar-refractivity contribution in [3.63, 3.8) is 0 Å². The first-order chi connectivity index (χ1) is 15.7. The maximum absolute atomic E-state index is 12.9. The molecule has 3 aliphatic rings. The average Bonchev–Trinajstić information content (AvgIpc) is 3.35. The molecule has 166 valence electrons. The maximum atomic E-state index is 12.9. The molecule has 2 aliphatic carbocycles. The Kier molecular flexibility index (Phi) is 5.01. The summed E-state index contributed by atoms with van der Waals surface area (Å²) in [7, 11) is 0. The monoisotopic (exact) mass is 450 g/mol. The number of carbonyl (C=O) groups is 1. The van der Waals surface area contributed by atoms with Crippen LogP contribution in [0.3, 0.4) is 0 Å². The van der Waals surface area contributed by atoms with Gasteiger partial charge < -0.3 is 9.80 Å². The van der Waals surface area contributed by atoms with Crippen molar-refractivity contribution >= 4 is 34.4 Å². The molecule has 6 rings (SSSR count). The van der Waals surface area contributed by atoms with Crippen LogP contribution >= 0.6 is 11.6 Å². The highest BCUT2D eigenvalue weighted by Gasteiger charge is 2.32. The van der Waals surface area contributed by atoms with Crippen LogP contribution in [0.25, 0.3) is 16.7 Å². The predicted molar refractivity (Wildman–Crippen MR) is 124 cm³/mol. The van der Waals surface area contributed by atoms with Crippen LogP contribution < -0.4 is 4.90 Å². The Balaban J connectivity index is 1.31. The first-order valence-corrected chi connectivity index (χ1v) is 12.1. The molecule has 0 atom stereocenters. The number of hydrogen-bond donors (Lipinski definition) is 0. The Morgan fingerprint density at radius 3 is 2.50 bits per heavy atom. The van der Waals surface area contributed by atoms with Crippen LogP contribution in [-0.4, -0.2) is 56.7 Å². The molecule has 2 saturated carbocycles. The molecular weight excluding hydrogens is 424 g/mol. The first kappa shape index (κ1) is 20.0. The standard InChI is InChI=1S/C24H27ClN6O/c25-18-6-3-7-19(14-18)31-23-20(15-26-31)22(27-21(28-23)16-8-9-16)29-10-12-30(13-11-29)24(32)17-4-1-2-5-17/h3,6-7,14-17H,1-2,4-5,8-13H2. The average molecular weight is 451 g/mol. The molecule has 1 aromatic carbocycles. The SMILES string of the molecule is O=C(C1CCCC1)N1CCN(c2nc(C3CC3)nc3c2cnn3-c2cccc(Cl)c2)CC1. The quantitative estimate of drug-likeness (QED) is 0.596. The highest BCUT2D eigenvalue weighted by atomic mass is 35.5. The van der Waals surface area contributed by atoms with Gasteiger partial charge in [0.25, 0.3) is 0 Å². The van der Waals surface area contributed by atoms with Crippen LogP contribution in [0.1, 0.15) is 50.3 Å². The summed E-state index contributed by atoms with van der Waals surface area (Å²) >= 11 is 6.23. The normalized spacial score (nSPS) is 19.8. The fraction of sp³-hybridized carbons (Fsp3) is 0.500. The molecule has 32 heavy (non-hydrogen) atoms. The summed E-state index contributed by atoms with van der Waals surface area (Å²) in [6.07, 6.45) is 8.63. The van der Waals surface area contributed by atoms with E-state index in [4.69, 9.17) is 21.6 Å². The number of carbonyl (C=O) groups excluding carboxylic acids is 1. The van der Waals surface area contributed by atoms with Gasteiger partial charge in [0.15, 0.2) is 5.65 Å². The minimum Gasteiger partial charge on any atom is -0.352 e. The number of benzene rings is 1. The van der Waals surface area contributed by atoms with E-state index in [1.165, 1.54) is 12.8 Å². The summed E-state index contributed by atoms with van der Waals surface area (Å²) in [5.41, 5.74) is 1.72. The van der Waals surface area contributed by atoms with E-state index in [-0.39, 0.29) is 5.92 Å². The Morgan fingerprint density at radius 1 is 1.00 bits per heavy atom. The zero-order valence-electron chi connectivity index (χ0n) is 18.1. The van der Waals surface area contributed by atoms with E-state index in [1.54, 1.807) is 0 Å². The van der Waals surface area contributed by atoms with Gasteiger partial charge in [0.05, 0.1) is 17.3 Å². The van der Waals surface area contributed by atoms with Gasteiger partial charge in [-0.3, -0.25) is 4.79 Å². The van der Waals surface area contributed by atoms with Gasteiger partial charge in [-0.2, -0.15) is 5.10 Å². The third-order valence-corrected chi connectivity index (χ3v) is 7.25. The molecule has 3 aromatic rings. The molecule has 3 heterocycles. The Morgan fingerprint density at radius 2 is 1.78 bits per heavy atom. The number of amides is 1. The van der Waals surface area contributed by atoms with Crippen LogP contribution in [0.15, 0.2) is 30.5 Å². The van der Waals surface area contributed by atoms with E-state index in [0.29, 0.717) is 16.8 Å². The molecule has 1 saturated heterocycles. The van der Waals surface area contributed by atoms with Crippen molar-refractivity contribution in [2.45, 2.75) is 44.4 Å². The van der Waals surface area contributed by atoms with Crippen molar-refractivity contribution in [1.82, 2.24) is 24.6 Å². The largest absolute Gasteiger partial charge is 0.352 e. The van der Waals surface area contributed by atoms with Crippen molar-refractivity contribution in [1.29, 1.82) is 0 Å². The molecule has 0 bridgehead atoms. The molecule has 0 unspecified atom stereocenters. The van der Waals surface area contributed by atoms with Gasteiger partial charge >= 0.3 is 0 Å². The van der Waals surface area contributed by atoms with Gasteiger partial charge in [-0.1, -0.05) is 30.5 Å². The molecule has 0 spiro atoms. The summed E-state index contributed by atoms with van der Waals surface area (Å²) in [6.45, 7) is 3.08. The van der Waals surface area contributed by atoms with E-state index in [1.807, 2.05) is 35.1 Å². The molecule has 1 aliphatic heterocycles. The number of hydrogen-bond acceptors (Lipinski definition) is 5. The van der Waals surface area contributed by atoms with Gasteiger partial charge in [-0.25, -0.2) is 14.6 Å². The fourth-order valence-electron chi connectivity index (χ4n) is 5.04. The summed E-state index contributed by atoms with van der Waals surface area (Å²) in [5, 5.41) is 6.26. The minimum absolute atomic E-state index is 0.240. The lowest BCUT2D eigenvalue weighted by atomic mass is 10.1. The number of rotatable bonds is 4. The van der Waals surface area contributed by atoms with Crippen LogP contribution in [0, 0.1) is 5.92 Å². The topological polar surface area (TPSA) is 67.2 Å². The smallest absolute Gasteiger partial charge is 0.225 e. The molecule has 3 fully saturated rings. The van der Waals surface area contributed by atoms with Gasteiger partial charge in [-0.05, 0) is 43.9 Å². The van der Waals surface area contributed by atoms with Crippen molar-refractivity contribution in [2.75, 3.05) is 31.1 Å².